The third-order valence-corrected chi connectivity index (χ3v) is 5.22. The van der Waals surface area contributed by atoms with Crippen LogP contribution in [-0.2, 0) is 13.5 Å². The first-order valence-electron chi connectivity index (χ1n) is 8.72. The number of rotatable bonds is 7. The van der Waals surface area contributed by atoms with Crippen LogP contribution in [0.3, 0.4) is 0 Å². The number of pyridine rings is 1. The van der Waals surface area contributed by atoms with Gasteiger partial charge >= 0.3 is 0 Å². The second kappa shape index (κ2) is 8.30. The Morgan fingerprint density at radius 1 is 1.04 bits per heavy atom. The average Bonchev–Trinajstić information content (AvgIpc) is 3.34. The number of nitrogens with zero attached hydrogens (tertiary/aromatic N) is 6. The smallest absolute Gasteiger partial charge is 0.226 e. The quantitative estimate of drug-likeness (QED) is 0.347. The second-order valence-electron chi connectivity index (χ2n) is 6.07. The Kier molecular flexibility index (Phi) is 5.43. The number of hydrogen-bond acceptors (Lipinski definition) is 7. The Labute approximate surface area is 165 Å². The molecular weight excluding hydrogens is 379 g/mol. The van der Waals surface area contributed by atoms with Gasteiger partial charge in [-0.1, -0.05) is 16.9 Å². The molecule has 3 heterocycles. The fourth-order valence-electron chi connectivity index (χ4n) is 2.65. The molecule has 4 rings (SSSR count). The van der Waals surface area contributed by atoms with Crippen LogP contribution < -0.4 is 0 Å². The first-order chi connectivity index (χ1) is 13.7. The molecule has 0 bridgehead atoms. The third kappa shape index (κ3) is 4.09. The zero-order valence-corrected chi connectivity index (χ0v) is 15.9. The Bertz CT molecular complexity index is 1050. The van der Waals surface area contributed by atoms with E-state index in [0.29, 0.717) is 24.0 Å². The lowest BCUT2D eigenvalue weighted by atomic mass is 10.2. The Balaban J connectivity index is 1.31. The van der Waals surface area contributed by atoms with Crippen LogP contribution in [0.25, 0.3) is 22.8 Å². The first kappa shape index (κ1) is 18.3. The molecule has 0 spiro atoms. The van der Waals surface area contributed by atoms with Crippen molar-refractivity contribution in [1.29, 1.82) is 0 Å². The van der Waals surface area contributed by atoms with E-state index in [1.165, 1.54) is 12.1 Å². The number of benzene rings is 1. The topological polar surface area (TPSA) is 82.5 Å². The van der Waals surface area contributed by atoms with E-state index in [0.717, 1.165) is 28.5 Å². The Morgan fingerprint density at radius 2 is 1.82 bits per heavy atom. The molecule has 4 aromatic rings. The van der Waals surface area contributed by atoms with Crippen molar-refractivity contribution in [2.24, 2.45) is 7.05 Å². The summed E-state index contributed by atoms with van der Waals surface area (Å²) in [6, 6.07) is 9.92. The molecule has 1 aromatic carbocycles. The molecule has 0 fully saturated rings. The van der Waals surface area contributed by atoms with Gasteiger partial charge in [-0.05, 0) is 42.8 Å². The van der Waals surface area contributed by atoms with Gasteiger partial charge in [0.05, 0.1) is 0 Å². The molecule has 0 atom stereocenters. The molecule has 0 aliphatic heterocycles. The largest absolute Gasteiger partial charge is 0.339 e. The van der Waals surface area contributed by atoms with Crippen molar-refractivity contribution in [3.8, 4) is 22.8 Å². The van der Waals surface area contributed by atoms with Gasteiger partial charge in [0, 0.05) is 42.7 Å². The third-order valence-electron chi connectivity index (χ3n) is 4.11. The molecule has 0 radical (unpaired) electrons. The highest BCUT2D eigenvalue weighted by Gasteiger charge is 2.12. The van der Waals surface area contributed by atoms with Gasteiger partial charge in [-0.25, -0.2) is 4.39 Å². The minimum absolute atomic E-state index is 0.270. The molecule has 9 heteroatoms. The summed E-state index contributed by atoms with van der Waals surface area (Å²) in [5.41, 5.74) is 1.71. The van der Waals surface area contributed by atoms with E-state index in [9.17, 15) is 4.39 Å². The molecule has 0 aliphatic rings. The van der Waals surface area contributed by atoms with Crippen molar-refractivity contribution in [3.63, 3.8) is 0 Å². The summed E-state index contributed by atoms with van der Waals surface area (Å²) < 4.78 is 20.3. The molecule has 28 heavy (non-hydrogen) atoms. The van der Waals surface area contributed by atoms with Gasteiger partial charge in [-0.2, -0.15) is 4.98 Å². The normalized spacial score (nSPS) is 11.1. The Morgan fingerprint density at radius 3 is 2.61 bits per heavy atom. The number of halogens is 1. The minimum atomic E-state index is -0.270. The highest BCUT2D eigenvalue weighted by Crippen LogP contribution is 2.23. The maximum Gasteiger partial charge on any atom is 0.226 e. The van der Waals surface area contributed by atoms with E-state index < -0.39 is 0 Å². The van der Waals surface area contributed by atoms with Crippen molar-refractivity contribution in [2.45, 2.75) is 18.0 Å². The van der Waals surface area contributed by atoms with Gasteiger partial charge < -0.3 is 9.09 Å². The van der Waals surface area contributed by atoms with Crippen molar-refractivity contribution in [3.05, 3.63) is 60.5 Å². The van der Waals surface area contributed by atoms with Crippen molar-refractivity contribution in [1.82, 2.24) is 29.9 Å². The van der Waals surface area contributed by atoms with Gasteiger partial charge in [0.15, 0.2) is 11.0 Å². The van der Waals surface area contributed by atoms with E-state index in [1.807, 2.05) is 23.7 Å². The molecule has 0 N–H and O–H groups in total. The predicted octanol–water partition coefficient (Wildman–Crippen LogP) is 3.79. The van der Waals surface area contributed by atoms with E-state index in [-0.39, 0.29) is 5.82 Å². The van der Waals surface area contributed by atoms with Gasteiger partial charge in [-0.15, -0.1) is 10.2 Å². The number of hydrogen-bond donors (Lipinski definition) is 0. The van der Waals surface area contributed by atoms with Crippen LogP contribution in [0.2, 0.25) is 0 Å². The van der Waals surface area contributed by atoms with Crippen molar-refractivity contribution in [2.75, 3.05) is 5.75 Å². The predicted molar refractivity (Wildman–Crippen MR) is 103 cm³/mol. The molecule has 7 nitrogen and oxygen atoms in total. The molecule has 3 aromatic heterocycles. The van der Waals surface area contributed by atoms with Gasteiger partial charge in [-0.3, -0.25) is 4.98 Å². The number of thioether (sulfide) groups is 1. The fourth-order valence-corrected chi connectivity index (χ4v) is 3.50. The molecule has 0 aliphatic carbocycles. The lowest BCUT2D eigenvalue weighted by Crippen LogP contribution is -1.96. The summed E-state index contributed by atoms with van der Waals surface area (Å²) in [4.78, 5) is 8.40. The van der Waals surface area contributed by atoms with Crippen molar-refractivity contribution >= 4 is 11.8 Å². The van der Waals surface area contributed by atoms with Crippen LogP contribution in [0, 0.1) is 5.82 Å². The lowest BCUT2D eigenvalue weighted by Gasteiger charge is -2.03. The summed E-state index contributed by atoms with van der Waals surface area (Å²) in [5.74, 6) is 2.46. The zero-order chi connectivity index (χ0) is 19.3. The number of aryl methyl sites for hydroxylation is 1. The molecule has 0 saturated heterocycles. The molecular formula is C19H17FN6OS. The van der Waals surface area contributed by atoms with Crippen LogP contribution in [-0.4, -0.2) is 35.6 Å². The average molecular weight is 396 g/mol. The number of aromatic nitrogens is 6. The van der Waals surface area contributed by atoms with E-state index in [4.69, 9.17) is 4.52 Å². The SMILES string of the molecule is Cn1c(SCCCc2nc(-c3ccncc3)no2)nnc1-c1ccc(F)cc1. The standard InChI is InChI=1S/C19H17FN6OS/c1-26-18(14-4-6-15(20)7-5-14)23-24-19(26)28-12-2-3-16-22-17(25-27-16)13-8-10-21-11-9-13/h4-11H,2-3,12H2,1H3. The highest BCUT2D eigenvalue weighted by atomic mass is 32.2. The van der Waals surface area contributed by atoms with E-state index >= 15 is 0 Å². The van der Waals surface area contributed by atoms with Gasteiger partial charge in [0.1, 0.15) is 5.82 Å². The minimum Gasteiger partial charge on any atom is -0.339 e. The second-order valence-corrected chi connectivity index (χ2v) is 7.13. The summed E-state index contributed by atoms with van der Waals surface area (Å²) in [6.07, 6.45) is 4.95. The molecule has 0 amide bonds. The molecule has 0 saturated carbocycles. The molecule has 142 valence electrons. The van der Waals surface area contributed by atoms with E-state index in [2.05, 4.69) is 25.3 Å². The maximum absolute atomic E-state index is 13.1. The van der Waals surface area contributed by atoms with Crippen LogP contribution >= 0.6 is 11.8 Å². The lowest BCUT2D eigenvalue weighted by molar-refractivity contribution is 0.378. The van der Waals surface area contributed by atoms with Crippen LogP contribution in [0.15, 0.2) is 58.5 Å². The summed E-state index contributed by atoms with van der Waals surface area (Å²) in [5, 5.41) is 13.3. The molecule has 0 unspecified atom stereocenters. The van der Waals surface area contributed by atoms with Crippen molar-refractivity contribution < 1.29 is 8.91 Å². The van der Waals surface area contributed by atoms with Crippen LogP contribution in [0.5, 0.6) is 0 Å². The van der Waals surface area contributed by atoms with Gasteiger partial charge in [0.2, 0.25) is 11.7 Å². The van der Waals surface area contributed by atoms with E-state index in [1.54, 1.807) is 36.3 Å². The highest BCUT2D eigenvalue weighted by molar-refractivity contribution is 7.99. The van der Waals surface area contributed by atoms with Gasteiger partial charge in [0.25, 0.3) is 0 Å². The summed E-state index contributed by atoms with van der Waals surface area (Å²) in [7, 11) is 1.90. The maximum atomic E-state index is 13.1. The summed E-state index contributed by atoms with van der Waals surface area (Å²) in [6.45, 7) is 0. The van der Waals surface area contributed by atoms with Crippen LogP contribution in [0.1, 0.15) is 12.3 Å². The Hall–Kier alpha value is -3.07. The fraction of sp³-hybridized carbons (Fsp3) is 0.211. The first-order valence-corrected chi connectivity index (χ1v) is 9.70. The summed E-state index contributed by atoms with van der Waals surface area (Å²) >= 11 is 1.61. The monoisotopic (exact) mass is 396 g/mol. The van der Waals surface area contributed by atoms with Crippen LogP contribution in [0.4, 0.5) is 4.39 Å². The zero-order valence-electron chi connectivity index (χ0n) is 15.1.